The molecule has 0 aromatic rings. The topological polar surface area (TPSA) is 49.3 Å². The fourth-order valence-electron chi connectivity index (χ4n) is 3.53. The number of unbranched alkanes of at least 4 members (excludes halogenated alkanes) is 1. The Balaban J connectivity index is 2.23. The van der Waals surface area contributed by atoms with Crippen LogP contribution in [0.3, 0.4) is 0 Å². The van der Waals surface area contributed by atoms with Crippen molar-refractivity contribution >= 4 is 5.91 Å². The van der Waals surface area contributed by atoms with Crippen LogP contribution in [0.5, 0.6) is 0 Å². The number of rotatable bonds is 10. The molecule has 1 rings (SSSR count). The zero-order chi connectivity index (χ0) is 15.5. The molecule has 1 aliphatic rings. The van der Waals surface area contributed by atoms with Crippen molar-refractivity contribution in [3.8, 4) is 0 Å². The number of aliphatic hydroxyl groups is 1. The normalized spacial score (nSPS) is 23.8. The minimum Gasteiger partial charge on any atom is -0.396 e. The van der Waals surface area contributed by atoms with E-state index in [1.165, 1.54) is 32.1 Å². The summed E-state index contributed by atoms with van der Waals surface area (Å²) in [5, 5.41) is 12.2. The molecule has 1 aliphatic carbocycles. The Morgan fingerprint density at radius 2 is 1.86 bits per heavy atom. The van der Waals surface area contributed by atoms with Crippen LogP contribution in [0.15, 0.2) is 0 Å². The molecule has 124 valence electrons. The molecule has 1 saturated carbocycles. The van der Waals surface area contributed by atoms with E-state index in [-0.39, 0.29) is 18.4 Å². The molecule has 0 aromatic heterocycles. The maximum atomic E-state index is 12.3. The molecular weight excluding hydrogens is 262 g/mol. The van der Waals surface area contributed by atoms with Gasteiger partial charge in [0.15, 0.2) is 0 Å². The molecule has 1 atom stereocenters. The molecule has 1 amide bonds. The molecule has 0 aliphatic heterocycles. The second kappa shape index (κ2) is 11.1. The Morgan fingerprint density at radius 3 is 2.43 bits per heavy atom. The van der Waals surface area contributed by atoms with Gasteiger partial charge in [-0.05, 0) is 50.4 Å². The summed E-state index contributed by atoms with van der Waals surface area (Å²) >= 11 is 0. The molecule has 1 fully saturated rings. The summed E-state index contributed by atoms with van der Waals surface area (Å²) in [6.45, 7) is 5.37. The third-order valence-electron chi connectivity index (χ3n) is 4.98. The first-order chi connectivity index (χ1) is 10.2. The van der Waals surface area contributed by atoms with Gasteiger partial charge in [0.05, 0.1) is 0 Å². The molecule has 0 heterocycles. The van der Waals surface area contributed by atoms with Gasteiger partial charge in [0.1, 0.15) is 0 Å². The average Bonchev–Trinajstić information content (AvgIpc) is 2.51. The molecule has 0 saturated heterocycles. The first kappa shape index (κ1) is 18.5. The third-order valence-corrected chi connectivity index (χ3v) is 4.98. The van der Waals surface area contributed by atoms with E-state index in [9.17, 15) is 4.79 Å². The van der Waals surface area contributed by atoms with Crippen LogP contribution in [0.25, 0.3) is 0 Å². The molecule has 0 aromatic carbocycles. The van der Waals surface area contributed by atoms with Gasteiger partial charge in [0.25, 0.3) is 0 Å². The van der Waals surface area contributed by atoms with Crippen molar-refractivity contribution in [2.24, 2.45) is 17.8 Å². The molecule has 3 heteroatoms. The van der Waals surface area contributed by atoms with E-state index in [1.807, 2.05) is 0 Å². The lowest BCUT2D eigenvalue weighted by molar-refractivity contribution is -0.126. The van der Waals surface area contributed by atoms with E-state index >= 15 is 0 Å². The maximum absolute atomic E-state index is 12.3. The van der Waals surface area contributed by atoms with E-state index in [4.69, 9.17) is 5.11 Å². The summed E-state index contributed by atoms with van der Waals surface area (Å²) in [6.07, 6.45) is 11.6. The summed E-state index contributed by atoms with van der Waals surface area (Å²) in [5.41, 5.74) is 0. The van der Waals surface area contributed by atoms with E-state index in [0.717, 1.165) is 44.6 Å². The van der Waals surface area contributed by atoms with Crippen molar-refractivity contribution in [1.29, 1.82) is 0 Å². The highest BCUT2D eigenvalue weighted by Crippen LogP contribution is 2.32. The van der Waals surface area contributed by atoms with Crippen LogP contribution in [0.4, 0.5) is 0 Å². The lowest BCUT2D eigenvalue weighted by atomic mass is 9.79. The zero-order valence-corrected chi connectivity index (χ0v) is 14.1. The maximum Gasteiger partial charge on any atom is 0.223 e. The number of amides is 1. The SMILES string of the molecule is CCCCC1CCC(C(=O)NCC(CCC)CCO)CC1. The van der Waals surface area contributed by atoms with Crippen molar-refractivity contribution < 1.29 is 9.90 Å². The van der Waals surface area contributed by atoms with Crippen molar-refractivity contribution in [2.75, 3.05) is 13.2 Å². The van der Waals surface area contributed by atoms with Gasteiger partial charge in [-0.2, -0.15) is 0 Å². The Bertz CT molecular complexity index is 266. The third kappa shape index (κ3) is 7.30. The standard InChI is InChI=1S/C18H35NO2/c1-3-5-7-15-8-10-17(11-9-15)18(21)19-14-16(6-4-2)12-13-20/h15-17,20H,3-14H2,1-2H3,(H,19,21). The molecule has 0 radical (unpaired) electrons. The van der Waals surface area contributed by atoms with Crippen LogP contribution < -0.4 is 5.32 Å². The van der Waals surface area contributed by atoms with E-state index in [1.54, 1.807) is 0 Å². The molecule has 2 N–H and O–H groups in total. The number of nitrogens with one attached hydrogen (secondary N) is 1. The quantitative estimate of drug-likeness (QED) is 0.642. The van der Waals surface area contributed by atoms with Gasteiger partial charge in [-0.3, -0.25) is 4.79 Å². The van der Waals surface area contributed by atoms with Crippen LogP contribution in [-0.4, -0.2) is 24.2 Å². The van der Waals surface area contributed by atoms with E-state index in [0.29, 0.717) is 5.92 Å². The second-order valence-corrected chi connectivity index (χ2v) is 6.77. The predicted octanol–water partition coefficient (Wildman–Crippen LogP) is 3.90. The molecule has 3 nitrogen and oxygen atoms in total. The first-order valence-corrected chi connectivity index (χ1v) is 9.09. The van der Waals surface area contributed by atoms with Crippen molar-refractivity contribution in [3.05, 3.63) is 0 Å². The molecule has 0 spiro atoms. The molecule has 0 bridgehead atoms. The van der Waals surface area contributed by atoms with E-state index in [2.05, 4.69) is 19.2 Å². The lowest BCUT2D eigenvalue weighted by Crippen LogP contribution is -2.36. The summed E-state index contributed by atoms with van der Waals surface area (Å²) in [6, 6.07) is 0. The number of carbonyl (C=O) groups excluding carboxylic acids is 1. The summed E-state index contributed by atoms with van der Waals surface area (Å²) in [5.74, 6) is 1.78. The van der Waals surface area contributed by atoms with Crippen LogP contribution >= 0.6 is 0 Å². The van der Waals surface area contributed by atoms with Gasteiger partial charge in [-0.15, -0.1) is 0 Å². The van der Waals surface area contributed by atoms with Crippen molar-refractivity contribution in [1.82, 2.24) is 5.32 Å². The van der Waals surface area contributed by atoms with Crippen LogP contribution in [-0.2, 0) is 4.79 Å². The van der Waals surface area contributed by atoms with Crippen LogP contribution in [0.2, 0.25) is 0 Å². The zero-order valence-electron chi connectivity index (χ0n) is 14.1. The van der Waals surface area contributed by atoms with Crippen LogP contribution in [0.1, 0.15) is 78.1 Å². The van der Waals surface area contributed by atoms with Gasteiger partial charge >= 0.3 is 0 Å². The second-order valence-electron chi connectivity index (χ2n) is 6.77. The highest BCUT2D eigenvalue weighted by atomic mass is 16.3. The largest absolute Gasteiger partial charge is 0.396 e. The van der Waals surface area contributed by atoms with Crippen molar-refractivity contribution in [3.63, 3.8) is 0 Å². The number of aliphatic hydroxyl groups excluding tert-OH is 1. The minimum atomic E-state index is 0.225. The Hall–Kier alpha value is -0.570. The van der Waals surface area contributed by atoms with Crippen LogP contribution in [0, 0.1) is 17.8 Å². The highest BCUT2D eigenvalue weighted by Gasteiger charge is 2.26. The smallest absolute Gasteiger partial charge is 0.223 e. The van der Waals surface area contributed by atoms with Gasteiger partial charge in [-0.1, -0.05) is 39.5 Å². The fourth-order valence-corrected chi connectivity index (χ4v) is 3.53. The fraction of sp³-hybridized carbons (Fsp3) is 0.944. The molecule has 1 unspecified atom stereocenters. The molecule has 21 heavy (non-hydrogen) atoms. The highest BCUT2D eigenvalue weighted by molar-refractivity contribution is 5.78. The van der Waals surface area contributed by atoms with Gasteiger partial charge in [-0.25, -0.2) is 0 Å². The minimum absolute atomic E-state index is 0.225. The number of hydrogen-bond donors (Lipinski definition) is 2. The average molecular weight is 297 g/mol. The first-order valence-electron chi connectivity index (χ1n) is 9.09. The van der Waals surface area contributed by atoms with Gasteiger partial charge in [0, 0.05) is 19.1 Å². The summed E-state index contributed by atoms with van der Waals surface area (Å²) < 4.78 is 0. The number of carbonyl (C=O) groups is 1. The Morgan fingerprint density at radius 1 is 1.14 bits per heavy atom. The molecular formula is C18H35NO2. The predicted molar refractivity (Wildman–Crippen MR) is 88.1 cm³/mol. The van der Waals surface area contributed by atoms with Crippen molar-refractivity contribution in [2.45, 2.75) is 78.1 Å². The van der Waals surface area contributed by atoms with E-state index < -0.39 is 0 Å². The van der Waals surface area contributed by atoms with Gasteiger partial charge in [0.2, 0.25) is 5.91 Å². The number of hydrogen-bond acceptors (Lipinski definition) is 2. The summed E-state index contributed by atoms with van der Waals surface area (Å²) in [4.78, 5) is 12.3. The summed E-state index contributed by atoms with van der Waals surface area (Å²) in [7, 11) is 0. The Labute approximate surface area is 130 Å². The lowest BCUT2D eigenvalue weighted by Gasteiger charge is -2.28. The monoisotopic (exact) mass is 297 g/mol. The Kier molecular flexibility index (Phi) is 9.73. The van der Waals surface area contributed by atoms with Gasteiger partial charge < -0.3 is 10.4 Å².